The molecule has 0 bridgehead atoms. The summed E-state index contributed by atoms with van der Waals surface area (Å²) in [5.41, 5.74) is 2.45. The topological polar surface area (TPSA) is 72.5 Å². The number of carbonyl (C=O) groups is 1. The molecule has 3 rings (SSSR count). The minimum absolute atomic E-state index is 0.138. The number of aryl methyl sites for hydroxylation is 2. The van der Waals surface area contributed by atoms with Crippen molar-refractivity contribution in [3.8, 4) is 0 Å². The maximum absolute atomic E-state index is 12.2. The van der Waals surface area contributed by atoms with Crippen molar-refractivity contribution in [3.63, 3.8) is 0 Å². The Morgan fingerprint density at radius 1 is 1.35 bits per heavy atom. The van der Waals surface area contributed by atoms with E-state index in [9.17, 15) is 4.79 Å². The molecular weight excluding hydrogens is 296 g/mol. The Balaban J connectivity index is 1.54. The molecule has 3 heterocycles. The van der Waals surface area contributed by atoms with Crippen LogP contribution in [0.5, 0.6) is 0 Å². The van der Waals surface area contributed by atoms with Gasteiger partial charge < -0.3 is 14.5 Å². The Kier molecular flexibility index (Phi) is 4.78. The van der Waals surface area contributed by atoms with Crippen molar-refractivity contribution in [2.24, 2.45) is 7.05 Å². The molecule has 124 valence electrons. The Bertz CT molecular complexity index is 671. The van der Waals surface area contributed by atoms with Gasteiger partial charge in [-0.3, -0.25) is 14.4 Å². The molecule has 7 nitrogen and oxygen atoms in total. The number of hydrogen-bond donors (Lipinski definition) is 1. The van der Waals surface area contributed by atoms with E-state index in [2.05, 4.69) is 15.3 Å². The molecule has 1 amide bonds. The van der Waals surface area contributed by atoms with Gasteiger partial charge in [0.05, 0.1) is 43.3 Å². The van der Waals surface area contributed by atoms with Gasteiger partial charge in [0.15, 0.2) is 0 Å². The molecule has 0 atom stereocenters. The maximum Gasteiger partial charge on any atom is 0.254 e. The second-order valence-corrected chi connectivity index (χ2v) is 5.77. The standard InChI is InChI=1S/C16H22N4O3/c1-12-7-14(19(2)18-12)9-17-16(21)13-8-15(23-11-13)10-20-3-5-22-6-4-20/h7-8,11H,3-6,9-10H2,1-2H3,(H,17,21). The number of amides is 1. The maximum atomic E-state index is 12.2. The summed E-state index contributed by atoms with van der Waals surface area (Å²) in [6.07, 6.45) is 1.51. The van der Waals surface area contributed by atoms with Crippen LogP contribution in [0, 0.1) is 6.92 Å². The van der Waals surface area contributed by atoms with Crippen LogP contribution in [0.2, 0.25) is 0 Å². The third kappa shape index (κ3) is 4.00. The molecule has 0 unspecified atom stereocenters. The van der Waals surface area contributed by atoms with Gasteiger partial charge in [-0.05, 0) is 19.1 Å². The average Bonchev–Trinajstić information content (AvgIpc) is 3.12. The predicted molar refractivity (Wildman–Crippen MR) is 83.9 cm³/mol. The molecule has 0 radical (unpaired) electrons. The highest BCUT2D eigenvalue weighted by molar-refractivity contribution is 5.93. The third-order valence-corrected chi connectivity index (χ3v) is 3.93. The Morgan fingerprint density at radius 3 is 2.83 bits per heavy atom. The first kappa shape index (κ1) is 15.8. The van der Waals surface area contributed by atoms with Crippen LogP contribution in [-0.4, -0.2) is 46.9 Å². The van der Waals surface area contributed by atoms with Crippen molar-refractivity contribution in [2.75, 3.05) is 26.3 Å². The van der Waals surface area contributed by atoms with Crippen LogP contribution in [0.15, 0.2) is 22.8 Å². The summed E-state index contributed by atoms with van der Waals surface area (Å²) in [5, 5.41) is 7.16. The highest BCUT2D eigenvalue weighted by atomic mass is 16.5. The zero-order valence-electron chi connectivity index (χ0n) is 13.5. The summed E-state index contributed by atoms with van der Waals surface area (Å²) in [7, 11) is 1.87. The van der Waals surface area contributed by atoms with Gasteiger partial charge in [-0.2, -0.15) is 5.10 Å². The lowest BCUT2D eigenvalue weighted by Gasteiger charge is -2.25. The molecule has 7 heteroatoms. The van der Waals surface area contributed by atoms with Crippen LogP contribution in [0.4, 0.5) is 0 Å². The fourth-order valence-electron chi connectivity index (χ4n) is 2.66. The molecule has 1 aliphatic rings. The summed E-state index contributed by atoms with van der Waals surface area (Å²) in [6.45, 7) is 6.36. The Morgan fingerprint density at radius 2 is 2.13 bits per heavy atom. The molecular formula is C16H22N4O3. The van der Waals surface area contributed by atoms with Gasteiger partial charge in [-0.25, -0.2) is 0 Å². The zero-order valence-corrected chi connectivity index (χ0v) is 13.5. The summed E-state index contributed by atoms with van der Waals surface area (Å²) in [6, 6.07) is 3.76. The SMILES string of the molecule is Cc1cc(CNC(=O)c2coc(CN3CCOCC3)c2)n(C)n1. The second kappa shape index (κ2) is 6.97. The number of hydrogen-bond acceptors (Lipinski definition) is 5. The van der Waals surface area contributed by atoms with E-state index in [-0.39, 0.29) is 5.91 Å². The average molecular weight is 318 g/mol. The first-order valence-corrected chi connectivity index (χ1v) is 7.77. The molecule has 1 fully saturated rings. The lowest BCUT2D eigenvalue weighted by atomic mass is 10.2. The molecule has 0 aliphatic carbocycles. The molecule has 23 heavy (non-hydrogen) atoms. The van der Waals surface area contributed by atoms with E-state index < -0.39 is 0 Å². The molecule has 2 aromatic heterocycles. The zero-order chi connectivity index (χ0) is 16.2. The number of morpholine rings is 1. The molecule has 0 saturated carbocycles. The lowest BCUT2D eigenvalue weighted by Crippen LogP contribution is -2.35. The minimum Gasteiger partial charge on any atom is -0.467 e. The summed E-state index contributed by atoms with van der Waals surface area (Å²) in [5.74, 6) is 0.661. The molecule has 0 spiro atoms. The van der Waals surface area contributed by atoms with Crippen LogP contribution in [0.1, 0.15) is 27.5 Å². The van der Waals surface area contributed by atoms with Gasteiger partial charge in [0, 0.05) is 20.1 Å². The highest BCUT2D eigenvalue weighted by Crippen LogP contribution is 2.12. The highest BCUT2D eigenvalue weighted by Gasteiger charge is 2.15. The molecule has 1 saturated heterocycles. The third-order valence-electron chi connectivity index (χ3n) is 3.93. The van der Waals surface area contributed by atoms with Crippen molar-refractivity contribution in [1.82, 2.24) is 20.0 Å². The van der Waals surface area contributed by atoms with Gasteiger partial charge in [-0.1, -0.05) is 0 Å². The molecule has 1 aliphatic heterocycles. The largest absolute Gasteiger partial charge is 0.467 e. The van der Waals surface area contributed by atoms with Crippen LogP contribution in [0.25, 0.3) is 0 Å². The van der Waals surface area contributed by atoms with Crippen molar-refractivity contribution >= 4 is 5.91 Å². The van der Waals surface area contributed by atoms with Crippen LogP contribution in [0.3, 0.4) is 0 Å². The number of rotatable bonds is 5. The minimum atomic E-state index is -0.138. The van der Waals surface area contributed by atoms with E-state index in [0.29, 0.717) is 18.7 Å². The normalized spacial score (nSPS) is 15.7. The second-order valence-electron chi connectivity index (χ2n) is 5.77. The molecule has 0 aromatic carbocycles. The van der Waals surface area contributed by atoms with E-state index in [0.717, 1.165) is 43.5 Å². The molecule has 2 aromatic rings. The fourth-order valence-corrected chi connectivity index (χ4v) is 2.66. The van der Waals surface area contributed by atoms with Gasteiger partial charge >= 0.3 is 0 Å². The van der Waals surface area contributed by atoms with Crippen LogP contribution < -0.4 is 5.32 Å². The van der Waals surface area contributed by atoms with Crippen molar-refractivity contribution in [1.29, 1.82) is 0 Å². The number of carbonyl (C=O) groups excluding carboxylic acids is 1. The van der Waals surface area contributed by atoms with Crippen LogP contribution in [-0.2, 0) is 24.9 Å². The fraction of sp³-hybridized carbons (Fsp3) is 0.500. The number of aromatic nitrogens is 2. The van der Waals surface area contributed by atoms with Gasteiger partial charge in [0.2, 0.25) is 0 Å². The first-order valence-electron chi connectivity index (χ1n) is 7.77. The van der Waals surface area contributed by atoms with Gasteiger partial charge in [0.25, 0.3) is 5.91 Å². The number of ether oxygens (including phenoxy) is 1. The van der Waals surface area contributed by atoms with E-state index in [4.69, 9.17) is 9.15 Å². The quantitative estimate of drug-likeness (QED) is 0.893. The number of furan rings is 1. The Labute approximate surface area is 135 Å². The summed E-state index contributed by atoms with van der Waals surface area (Å²) < 4.78 is 12.6. The summed E-state index contributed by atoms with van der Waals surface area (Å²) in [4.78, 5) is 14.5. The van der Waals surface area contributed by atoms with Gasteiger partial charge in [-0.15, -0.1) is 0 Å². The number of nitrogens with zero attached hydrogens (tertiary/aromatic N) is 3. The van der Waals surface area contributed by atoms with E-state index >= 15 is 0 Å². The van der Waals surface area contributed by atoms with E-state index in [1.165, 1.54) is 6.26 Å². The monoisotopic (exact) mass is 318 g/mol. The van der Waals surface area contributed by atoms with E-state index in [1.807, 2.05) is 20.0 Å². The number of nitrogens with one attached hydrogen (secondary N) is 1. The van der Waals surface area contributed by atoms with Crippen molar-refractivity contribution < 1.29 is 13.9 Å². The summed E-state index contributed by atoms with van der Waals surface area (Å²) >= 11 is 0. The van der Waals surface area contributed by atoms with E-state index in [1.54, 1.807) is 10.7 Å². The first-order chi connectivity index (χ1) is 11.1. The van der Waals surface area contributed by atoms with Crippen molar-refractivity contribution in [3.05, 3.63) is 41.1 Å². The lowest BCUT2D eigenvalue weighted by molar-refractivity contribution is 0.0313. The smallest absolute Gasteiger partial charge is 0.254 e. The Hall–Kier alpha value is -2.12. The van der Waals surface area contributed by atoms with Crippen LogP contribution >= 0.6 is 0 Å². The van der Waals surface area contributed by atoms with Gasteiger partial charge in [0.1, 0.15) is 12.0 Å². The predicted octanol–water partition coefficient (Wildman–Crippen LogP) is 1.08. The molecule has 1 N–H and O–H groups in total. The van der Waals surface area contributed by atoms with Crippen molar-refractivity contribution in [2.45, 2.75) is 20.0 Å².